The van der Waals surface area contributed by atoms with Gasteiger partial charge in [0.05, 0.1) is 12.9 Å². The summed E-state index contributed by atoms with van der Waals surface area (Å²) >= 11 is 0. The molecule has 0 aromatic carbocycles. The molecule has 0 aliphatic heterocycles. The summed E-state index contributed by atoms with van der Waals surface area (Å²) in [5, 5.41) is 0. The molecule has 0 aliphatic rings. The molecule has 0 amide bonds. The third-order valence-electron chi connectivity index (χ3n) is 3.95. The van der Waals surface area contributed by atoms with Gasteiger partial charge in [-0.1, -0.05) is 76.9 Å². The highest BCUT2D eigenvalue weighted by molar-refractivity contribution is 7.85. The van der Waals surface area contributed by atoms with E-state index in [9.17, 15) is 8.42 Å². The van der Waals surface area contributed by atoms with Crippen molar-refractivity contribution < 1.29 is 12.6 Å². The van der Waals surface area contributed by atoms with Crippen molar-refractivity contribution in [3.8, 4) is 0 Å². The van der Waals surface area contributed by atoms with E-state index in [1.807, 2.05) is 0 Å². The van der Waals surface area contributed by atoms with Crippen LogP contribution in [0.25, 0.3) is 0 Å². The minimum atomic E-state index is -3.26. The van der Waals surface area contributed by atoms with Crippen LogP contribution in [0.5, 0.6) is 0 Å². The minimum Gasteiger partial charge on any atom is -0.270 e. The van der Waals surface area contributed by atoms with Crippen LogP contribution in [0.2, 0.25) is 0 Å². The zero-order valence-corrected chi connectivity index (χ0v) is 16.2. The van der Waals surface area contributed by atoms with Crippen molar-refractivity contribution in [2.75, 3.05) is 12.9 Å². The quantitative estimate of drug-likeness (QED) is 0.184. The Hall–Kier alpha value is -0.350. The van der Waals surface area contributed by atoms with Gasteiger partial charge in [-0.3, -0.25) is 4.18 Å². The lowest BCUT2D eigenvalue weighted by atomic mass is 10.1. The summed E-state index contributed by atoms with van der Waals surface area (Å²) in [5.74, 6) is 0. The van der Waals surface area contributed by atoms with Crippen molar-refractivity contribution in [3.63, 3.8) is 0 Å². The summed E-state index contributed by atoms with van der Waals surface area (Å²) in [6.07, 6.45) is 23.4. The van der Waals surface area contributed by atoms with Gasteiger partial charge < -0.3 is 0 Å². The number of allylic oxidation sites excluding steroid dienone is 2. The maximum absolute atomic E-state index is 10.8. The van der Waals surface area contributed by atoms with E-state index in [4.69, 9.17) is 4.18 Å². The molecule has 0 saturated carbocycles. The number of rotatable bonds is 17. The van der Waals surface area contributed by atoms with Gasteiger partial charge in [0, 0.05) is 0 Å². The van der Waals surface area contributed by atoms with E-state index in [1.54, 1.807) is 0 Å². The lowest BCUT2D eigenvalue weighted by Gasteiger charge is -2.01. The fraction of sp³-hybridized carbons (Fsp3) is 0.895. The molecule has 0 N–H and O–H groups in total. The first-order valence-corrected chi connectivity index (χ1v) is 11.4. The lowest BCUT2D eigenvalue weighted by molar-refractivity contribution is 0.310. The molecule has 0 heterocycles. The van der Waals surface area contributed by atoms with Gasteiger partial charge in [-0.05, 0) is 32.1 Å². The van der Waals surface area contributed by atoms with Crippen molar-refractivity contribution in [3.05, 3.63) is 12.2 Å². The molecule has 0 unspecified atom stereocenters. The van der Waals surface area contributed by atoms with E-state index >= 15 is 0 Å². The highest BCUT2D eigenvalue weighted by atomic mass is 32.2. The molecular weight excluding hydrogens is 308 g/mol. The molecule has 138 valence electrons. The molecule has 0 bridgehead atoms. The molecule has 0 atom stereocenters. The normalized spacial score (nSPS) is 12.3. The highest BCUT2D eigenvalue weighted by Gasteiger charge is 1.99. The first-order chi connectivity index (χ1) is 11.1. The molecule has 0 radical (unpaired) electrons. The molecule has 0 aromatic heterocycles. The van der Waals surface area contributed by atoms with Crippen LogP contribution in [0.15, 0.2) is 12.2 Å². The van der Waals surface area contributed by atoms with Gasteiger partial charge >= 0.3 is 0 Å². The van der Waals surface area contributed by atoms with Crippen molar-refractivity contribution in [1.29, 1.82) is 0 Å². The third-order valence-corrected chi connectivity index (χ3v) is 4.55. The molecule has 0 saturated heterocycles. The van der Waals surface area contributed by atoms with E-state index < -0.39 is 10.1 Å². The lowest BCUT2D eigenvalue weighted by Crippen LogP contribution is -2.03. The molecule has 0 aliphatic carbocycles. The fourth-order valence-corrected chi connectivity index (χ4v) is 2.98. The Morgan fingerprint density at radius 2 is 1.13 bits per heavy atom. The molecule has 0 spiro atoms. The predicted molar refractivity (Wildman–Crippen MR) is 100 cm³/mol. The smallest absolute Gasteiger partial charge is 0.264 e. The van der Waals surface area contributed by atoms with Crippen molar-refractivity contribution >= 4 is 10.1 Å². The number of hydrogen-bond acceptors (Lipinski definition) is 3. The Labute approximate surface area is 145 Å². The van der Waals surface area contributed by atoms with E-state index in [0.29, 0.717) is 6.61 Å². The molecular formula is C19H38O3S. The molecule has 0 fully saturated rings. The van der Waals surface area contributed by atoms with Crippen LogP contribution in [-0.2, 0) is 14.3 Å². The van der Waals surface area contributed by atoms with E-state index in [-0.39, 0.29) is 0 Å². The average molecular weight is 347 g/mol. The van der Waals surface area contributed by atoms with Crippen LogP contribution in [0, 0.1) is 0 Å². The second-order valence-corrected chi connectivity index (χ2v) is 8.11. The van der Waals surface area contributed by atoms with Gasteiger partial charge in [-0.2, -0.15) is 8.42 Å². The third kappa shape index (κ3) is 21.6. The van der Waals surface area contributed by atoms with Crippen LogP contribution in [0.1, 0.15) is 96.8 Å². The molecule has 3 nitrogen and oxygen atoms in total. The van der Waals surface area contributed by atoms with E-state index in [2.05, 4.69) is 19.1 Å². The van der Waals surface area contributed by atoms with Crippen LogP contribution in [0.4, 0.5) is 0 Å². The van der Waals surface area contributed by atoms with Gasteiger partial charge in [0.2, 0.25) is 0 Å². The second kappa shape index (κ2) is 16.5. The van der Waals surface area contributed by atoms with Gasteiger partial charge in [-0.15, -0.1) is 0 Å². The summed E-state index contributed by atoms with van der Waals surface area (Å²) in [6, 6.07) is 0. The summed E-state index contributed by atoms with van der Waals surface area (Å²) in [5.41, 5.74) is 0. The standard InChI is InChI=1S/C19H38O3S/c1-3-4-5-6-7-8-9-10-11-12-13-14-15-16-17-18-19-22-23(2,20)21/h13-14H,3-12,15-19H2,1-2H3/b14-13+. The summed E-state index contributed by atoms with van der Waals surface area (Å²) < 4.78 is 26.2. The highest BCUT2D eigenvalue weighted by Crippen LogP contribution is 2.11. The van der Waals surface area contributed by atoms with Crippen LogP contribution in [0.3, 0.4) is 0 Å². The van der Waals surface area contributed by atoms with E-state index in [1.165, 1.54) is 64.2 Å². The molecule has 4 heteroatoms. The SMILES string of the molecule is CCCCCCCCCCC/C=C/CCCCCOS(C)(=O)=O. The van der Waals surface area contributed by atoms with Crippen molar-refractivity contribution in [2.24, 2.45) is 0 Å². The zero-order chi connectivity index (χ0) is 17.2. The first-order valence-electron chi connectivity index (χ1n) is 9.55. The van der Waals surface area contributed by atoms with Crippen LogP contribution in [-0.4, -0.2) is 21.3 Å². The Bertz CT molecular complexity index is 361. The fourth-order valence-electron chi connectivity index (χ4n) is 2.56. The number of unbranched alkanes of at least 4 members (excludes halogenated alkanes) is 12. The molecule has 0 rings (SSSR count). The molecule has 23 heavy (non-hydrogen) atoms. The number of hydrogen-bond donors (Lipinski definition) is 0. The van der Waals surface area contributed by atoms with Crippen LogP contribution >= 0.6 is 0 Å². The average Bonchev–Trinajstić information content (AvgIpc) is 2.49. The largest absolute Gasteiger partial charge is 0.270 e. The maximum Gasteiger partial charge on any atom is 0.264 e. The van der Waals surface area contributed by atoms with Crippen molar-refractivity contribution in [1.82, 2.24) is 0 Å². The first kappa shape index (κ1) is 22.6. The Kier molecular flexibility index (Phi) is 16.3. The van der Waals surface area contributed by atoms with Crippen molar-refractivity contribution in [2.45, 2.75) is 96.8 Å². The van der Waals surface area contributed by atoms with Gasteiger partial charge in [0.1, 0.15) is 0 Å². The maximum atomic E-state index is 10.8. The monoisotopic (exact) mass is 346 g/mol. The summed E-state index contributed by atoms with van der Waals surface area (Å²) in [6.45, 7) is 2.59. The van der Waals surface area contributed by atoms with E-state index in [0.717, 1.165) is 31.9 Å². The minimum absolute atomic E-state index is 0.320. The Morgan fingerprint density at radius 3 is 1.61 bits per heavy atom. The Balaban J connectivity index is 3.14. The van der Waals surface area contributed by atoms with Gasteiger partial charge in [0.25, 0.3) is 10.1 Å². The summed E-state index contributed by atoms with van der Waals surface area (Å²) in [7, 11) is -3.26. The van der Waals surface area contributed by atoms with Crippen LogP contribution < -0.4 is 0 Å². The Morgan fingerprint density at radius 1 is 0.696 bits per heavy atom. The predicted octanol–water partition coefficient (Wildman–Crippen LogP) is 6.00. The topological polar surface area (TPSA) is 43.4 Å². The van der Waals surface area contributed by atoms with Gasteiger partial charge in [-0.25, -0.2) is 0 Å². The molecule has 0 aromatic rings. The zero-order valence-electron chi connectivity index (χ0n) is 15.4. The van der Waals surface area contributed by atoms with Gasteiger partial charge in [0.15, 0.2) is 0 Å². The second-order valence-electron chi connectivity index (χ2n) is 6.46. The summed E-state index contributed by atoms with van der Waals surface area (Å²) in [4.78, 5) is 0.